The Hall–Kier alpha value is -0.120. The maximum Gasteiger partial charge on any atom is 0.0564 e. The third-order valence-electron chi connectivity index (χ3n) is 1.31. The number of aliphatic hydroxyl groups is 2. The average molecular weight is 147 g/mol. The van der Waals surface area contributed by atoms with Gasteiger partial charge in [-0.2, -0.15) is 0 Å². The van der Waals surface area contributed by atoms with Gasteiger partial charge in [0.2, 0.25) is 0 Å². The Bertz CT molecular complexity index is 62.6. The van der Waals surface area contributed by atoms with Crippen molar-refractivity contribution in [3.05, 3.63) is 0 Å². The van der Waals surface area contributed by atoms with Crippen LogP contribution in [0.4, 0.5) is 0 Å². The second-order valence-corrected chi connectivity index (χ2v) is 2.30. The summed E-state index contributed by atoms with van der Waals surface area (Å²) in [4.78, 5) is 0. The van der Waals surface area contributed by atoms with E-state index in [-0.39, 0.29) is 12.7 Å². The highest BCUT2D eigenvalue weighted by molar-refractivity contribution is 4.65. The summed E-state index contributed by atoms with van der Waals surface area (Å²) in [6, 6.07) is 0. The van der Waals surface area contributed by atoms with Crippen molar-refractivity contribution in [2.24, 2.45) is 0 Å². The Kier molecular flexibility index (Phi) is 6.91. The lowest BCUT2D eigenvalue weighted by atomic mass is 10.1. The van der Waals surface area contributed by atoms with Crippen molar-refractivity contribution in [2.75, 3.05) is 19.7 Å². The molecule has 0 radical (unpaired) electrons. The Balaban J connectivity index is 0.000000236. The van der Waals surface area contributed by atoms with Crippen molar-refractivity contribution >= 4 is 0 Å². The molecule has 0 aromatic rings. The first-order chi connectivity index (χ1) is 4.81. The zero-order chi connectivity index (χ0) is 7.82. The zero-order valence-corrected chi connectivity index (χ0v) is 6.51. The molecule has 0 aliphatic carbocycles. The second kappa shape index (κ2) is 6.99. The molecule has 62 valence electrons. The van der Waals surface area contributed by atoms with Crippen LogP contribution in [0.1, 0.15) is 19.8 Å². The highest BCUT2D eigenvalue weighted by atomic mass is 16.3. The molecule has 0 aromatic heterocycles. The van der Waals surface area contributed by atoms with Gasteiger partial charge in [-0.1, -0.05) is 0 Å². The van der Waals surface area contributed by atoms with Gasteiger partial charge in [-0.25, -0.2) is 0 Å². The SMILES string of the molecule is CCO.OC1CCNCC1. The maximum atomic E-state index is 8.87. The van der Waals surface area contributed by atoms with E-state index in [0.717, 1.165) is 25.9 Å². The first-order valence-electron chi connectivity index (χ1n) is 3.81. The van der Waals surface area contributed by atoms with Crippen LogP contribution < -0.4 is 5.32 Å². The molecule has 1 rings (SSSR count). The van der Waals surface area contributed by atoms with Gasteiger partial charge in [-0.15, -0.1) is 0 Å². The fraction of sp³-hybridized carbons (Fsp3) is 1.00. The predicted octanol–water partition coefficient (Wildman–Crippen LogP) is -0.271. The van der Waals surface area contributed by atoms with Crippen molar-refractivity contribution in [1.29, 1.82) is 0 Å². The largest absolute Gasteiger partial charge is 0.397 e. The molecular weight excluding hydrogens is 130 g/mol. The Morgan fingerprint density at radius 1 is 1.40 bits per heavy atom. The molecule has 0 amide bonds. The van der Waals surface area contributed by atoms with Gasteiger partial charge >= 0.3 is 0 Å². The quantitative estimate of drug-likeness (QED) is 0.442. The third-order valence-corrected chi connectivity index (χ3v) is 1.31. The van der Waals surface area contributed by atoms with Crippen molar-refractivity contribution < 1.29 is 10.2 Å². The monoisotopic (exact) mass is 147 g/mol. The van der Waals surface area contributed by atoms with E-state index < -0.39 is 0 Å². The van der Waals surface area contributed by atoms with Crippen LogP contribution in [0, 0.1) is 0 Å². The average Bonchev–Trinajstić information content (AvgIpc) is 1.91. The Labute approximate surface area is 62.1 Å². The van der Waals surface area contributed by atoms with E-state index in [4.69, 9.17) is 10.2 Å². The van der Waals surface area contributed by atoms with E-state index in [2.05, 4.69) is 5.32 Å². The number of hydrogen-bond acceptors (Lipinski definition) is 3. The van der Waals surface area contributed by atoms with Crippen LogP contribution >= 0.6 is 0 Å². The summed E-state index contributed by atoms with van der Waals surface area (Å²) in [6.07, 6.45) is 1.83. The summed E-state index contributed by atoms with van der Waals surface area (Å²) in [5.41, 5.74) is 0. The van der Waals surface area contributed by atoms with Crippen LogP contribution in [0.25, 0.3) is 0 Å². The van der Waals surface area contributed by atoms with Gasteiger partial charge in [-0.05, 0) is 32.9 Å². The zero-order valence-electron chi connectivity index (χ0n) is 6.51. The van der Waals surface area contributed by atoms with Gasteiger partial charge < -0.3 is 15.5 Å². The fourth-order valence-corrected chi connectivity index (χ4v) is 0.807. The van der Waals surface area contributed by atoms with Gasteiger partial charge in [0.25, 0.3) is 0 Å². The molecular formula is C7H17NO2. The summed E-state index contributed by atoms with van der Waals surface area (Å²) in [5, 5.41) is 19.6. The normalized spacial score (nSPS) is 19.5. The predicted molar refractivity (Wildman–Crippen MR) is 40.9 cm³/mol. The highest BCUT2D eigenvalue weighted by Gasteiger charge is 2.06. The second-order valence-electron chi connectivity index (χ2n) is 2.30. The van der Waals surface area contributed by atoms with Crippen molar-refractivity contribution in [1.82, 2.24) is 5.32 Å². The minimum absolute atomic E-state index is 0.0266. The lowest BCUT2D eigenvalue weighted by Gasteiger charge is -2.16. The van der Waals surface area contributed by atoms with Gasteiger partial charge in [0.05, 0.1) is 6.10 Å². The molecule has 1 aliphatic heterocycles. The third kappa shape index (κ3) is 6.01. The minimum Gasteiger partial charge on any atom is -0.397 e. The van der Waals surface area contributed by atoms with E-state index in [9.17, 15) is 0 Å². The summed E-state index contributed by atoms with van der Waals surface area (Å²) in [6.45, 7) is 3.91. The van der Waals surface area contributed by atoms with Crippen molar-refractivity contribution in [3.8, 4) is 0 Å². The van der Waals surface area contributed by atoms with Crippen LogP contribution in [-0.4, -0.2) is 36.0 Å². The number of hydrogen-bond donors (Lipinski definition) is 3. The minimum atomic E-state index is -0.0266. The molecule has 3 heteroatoms. The lowest BCUT2D eigenvalue weighted by molar-refractivity contribution is 0.137. The van der Waals surface area contributed by atoms with Gasteiger partial charge in [0.1, 0.15) is 0 Å². The summed E-state index contributed by atoms with van der Waals surface area (Å²) in [5.74, 6) is 0. The maximum absolute atomic E-state index is 8.87. The van der Waals surface area contributed by atoms with E-state index in [1.54, 1.807) is 6.92 Å². The van der Waals surface area contributed by atoms with E-state index in [0.29, 0.717) is 0 Å². The fourth-order valence-electron chi connectivity index (χ4n) is 0.807. The molecule has 10 heavy (non-hydrogen) atoms. The smallest absolute Gasteiger partial charge is 0.0564 e. The number of aliphatic hydroxyl groups excluding tert-OH is 2. The Morgan fingerprint density at radius 2 is 1.80 bits per heavy atom. The van der Waals surface area contributed by atoms with Gasteiger partial charge in [0.15, 0.2) is 0 Å². The highest BCUT2D eigenvalue weighted by Crippen LogP contribution is 1.99. The first-order valence-corrected chi connectivity index (χ1v) is 3.81. The molecule has 0 saturated carbocycles. The summed E-state index contributed by atoms with van der Waals surface area (Å²) in [7, 11) is 0. The van der Waals surface area contributed by atoms with Gasteiger partial charge in [-0.3, -0.25) is 0 Å². The Morgan fingerprint density at radius 3 is 2.00 bits per heavy atom. The van der Waals surface area contributed by atoms with Crippen LogP contribution in [0.15, 0.2) is 0 Å². The lowest BCUT2D eigenvalue weighted by Crippen LogP contribution is -2.30. The molecule has 0 atom stereocenters. The standard InChI is InChI=1S/C5H11NO.C2H6O/c7-5-1-3-6-4-2-5;1-2-3/h5-7H,1-4H2;3H,2H2,1H3. The van der Waals surface area contributed by atoms with Crippen LogP contribution in [0.5, 0.6) is 0 Å². The summed E-state index contributed by atoms with van der Waals surface area (Å²) < 4.78 is 0. The molecule has 0 unspecified atom stereocenters. The first kappa shape index (κ1) is 9.88. The van der Waals surface area contributed by atoms with Gasteiger partial charge in [0, 0.05) is 6.61 Å². The van der Waals surface area contributed by atoms with E-state index >= 15 is 0 Å². The van der Waals surface area contributed by atoms with Crippen LogP contribution in [0.2, 0.25) is 0 Å². The molecule has 0 bridgehead atoms. The molecule has 0 aromatic carbocycles. The topological polar surface area (TPSA) is 52.5 Å². The van der Waals surface area contributed by atoms with Crippen LogP contribution in [-0.2, 0) is 0 Å². The molecule has 1 heterocycles. The number of rotatable bonds is 0. The molecule has 1 saturated heterocycles. The van der Waals surface area contributed by atoms with Crippen molar-refractivity contribution in [3.63, 3.8) is 0 Å². The molecule has 3 nitrogen and oxygen atoms in total. The summed E-state index contributed by atoms with van der Waals surface area (Å²) >= 11 is 0. The molecule has 1 fully saturated rings. The van der Waals surface area contributed by atoms with Crippen LogP contribution in [0.3, 0.4) is 0 Å². The number of nitrogens with one attached hydrogen (secondary N) is 1. The van der Waals surface area contributed by atoms with E-state index in [1.165, 1.54) is 0 Å². The molecule has 3 N–H and O–H groups in total. The number of piperidine rings is 1. The molecule has 0 spiro atoms. The molecule has 1 aliphatic rings. The van der Waals surface area contributed by atoms with Crippen molar-refractivity contribution in [2.45, 2.75) is 25.9 Å². The van der Waals surface area contributed by atoms with E-state index in [1.807, 2.05) is 0 Å².